The second-order valence-corrected chi connectivity index (χ2v) is 3.29. The van der Waals surface area contributed by atoms with Crippen LogP contribution in [0.3, 0.4) is 0 Å². The summed E-state index contributed by atoms with van der Waals surface area (Å²) >= 11 is -0.750. The molecule has 0 spiro atoms. The first kappa shape index (κ1) is 16.6. The summed E-state index contributed by atoms with van der Waals surface area (Å²) in [5.41, 5.74) is -2.64. The third-order valence-corrected chi connectivity index (χ3v) is 1.73. The maximum absolute atomic E-state index is 12.2. The maximum atomic E-state index is 12.2. The van der Waals surface area contributed by atoms with E-state index in [0.717, 1.165) is 0 Å². The summed E-state index contributed by atoms with van der Waals surface area (Å²) in [4.78, 5) is 0. The van der Waals surface area contributed by atoms with Crippen LogP contribution >= 0.6 is 0 Å². The monoisotopic (exact) mass is 292 g/mol. The first-order valence-electron chi connectivity index (χ1n) is 4.20. The standard InChI is InChI=1S/C9H6F6.O2S/c1-5-2-6(8(10,11)12)4-7(3-5)9(13,14)15;1-3-2/h2-4H,1H3;. The van der Waals surface area contributed by atoms with Gasteiger partial charge in [0.1, 0.15) is 0 Å². The van der Waals surface area contributed by atoms with E-state index in [2.05, 4.69) is 0 Å². The molecule has 0 radical (unpaired) electrons. The molecule has 0 N–H and O–H groups in total. The van der Waals surface area contributed by atoms with Crippen molar-refractivity contribution >= 4 is 11.6 Å². The van der Waals surface area contributed by atoms with E-state index in [4.69, 9.17) is 8.42 Å². The highest BCUT2D eigenvalue weighted by molar-refractivity contribution is 7.51. The Labute approximate surface area is 101 Å². The van der Waals surface area contributed by atoms with Crippen LogP contribution in [0.4, 0.5) is 26.3 Å². The fraction of sp³-hybridized carbons (Fsp3) is 0.333. The summed E-state index contributed by atoms with van der Waals surface area (Å²) in [6, 6.07) is 1.46. The van der Waals surface area contributed by atoms with Crippen molar-refractivity contribution in [2.24, 2.45) is 0 Å². The van der Waals surface area contributed by atoms with Gasteiger partial charge in [-0.1, -0.05) is 0 Å². The lowest BCUT2D eigenvalue weighted by atomic mass is 10.1. The molecule has 18 heavy (non-hydrogen) atoms. The Morgan fingerprint density at radius 1 is 0.833 bits per heavy atom. The molecule has 1 aromatic rings. The van der Waals surface area contributed by atoms with E-state index in [0.29, 0.717) is 12.1 Å². The normalized spacial score (nSPS) is 11.5. The van der Waals surface area contributed by atoms with Gasteiger partial charge in [-0.25, -0.2) is 0 Å². The molecule has 1 rings (SSSR count). The molecule has 0 fully saturated rings. The quantitative estimate of drug-likeness (QED) is 0.687. The molecule has 2 nitrogen and oxygen atoms in total. The second-order valence-electron chi connectivity index (χ2n) is 3.15. The molecule has 0 saturated heterocycles. The van der Waals surface area contributed by atoms with E-state index in [1.165, 1.54) is 6.92 Å². The zero-order chi connectivity index (χ0) is 14.6. The molecule has 0 heterocycles. The van der Waals surface area contributed by atoms with Crippen LogP contribution < -0.4 is 0 Å². The van der Waals surface area contributed by atoms with Crippen molar-refractivity contribution in [1.82, 2.24) is 0 Å². The van der Waals surface area contributed by atoms with E-state index in [1.54, 1.807) is 0 Å². The lowest BCUT2D eigenvalue weighted by molar-refractivity contribution is -0.143. The molecule has 9 heteroatoms. The maximum Gasteiger partial charge on any atom is 0.416 e. The van der Waals surface area contributed by atoms with Gasteiger partial charge in [-0.3, -0.25) is 0 Å². The predicted molar refractivity (Wildman–Crippen MR) is 50.1 cm³/mol. The number of halogens is 6. The minimum Gasteiger partial charge on any atom is -0.168 e. The van der Waals surface area contributed by atoms with E-state index in [9.17, 15) is 26.3 Å². The van der Waals surface area contributed by atoms with Crippen molar-refractivity contribution in [3.63, 3.8) is 0 Å². The smallest absolute Gasteiger partial charge is 0.168 e. The van der Waals surface area contributed by atoms with Gasteiger partial charge in [0.05, 0.1) is 11.1 Å². The lowest BCUT2D eigenvalue weighted by Crippen LogP contribution is -2.11. The molecule has 0 aliphatic heterocycles. The predicted octanol–water partition coefficient (Wildman–Crippen LogP) is 3.36. The van der Waals surface area contributed by atoms with Gasteiger partial charge in [-0.2, -0.15) is 34.8 Å². The Bertz CT molecular complexity index is 413. The van der Waals surface area contributed by atoms with Crippen molar-refractivity contribution in [1.29, 1.82) is 0 Å². The van der Waals surface area contributed by atoms with Gasteiger partial charge in [0.15, 0.2) is 0 Å². The Morgan fingerprint density at radius 3 is 1.33 bits per heavy atom. The summed E-state index contributed by atoms with van der Waals surface area (Å²) in [5, 5.41) is 0. The third kappa shape index (κ3) is 5.30. The SMILES string of the molecule is Cc1cc(C(F)(F)F)cc(C(F)(F)F)c1.O=S=O. The molecule has 0 atom stereocenters. The molecule has 0 unspecified atom stereocenters. The van der Waals surface area contributed by atoms with E-state index in [1.807, 2.05) is 0 Å². The van der Waals surface area contributed by atoms with Crippen LogP contribution in [-0.4, -0.2) is 8.42 Å². The number of benzene rings is 1. The highest BCUT2D eigenvalue weighted by Crippen LogP contribution is 2.35. The zero-order valence-corrected chi connectivity index (χ0v) is 9.54. The first-order valence-corrected chi connectivity index (χ1v) is 4.87. The van der Waals surface area contributed by atoms with Gasteiger partial charge in [0.2, 0.25) is 0 Å². The average Bonchev–Trinajstić information content (AvgIpc) is 2.15. The molecule has 1 aromatic carbocycles. The molecule has 0 aromatic heterocycles. The van der Waals surface area contributed by atoms with Crippen LogP contribution in [-0.2, 0) is 23.9 Å². The molecular formula is C9H6F6O2S. The van der Waals surface area contributed by atoms with Crippen LogP contribution in [0.15, 0.2) is 18.2 Å². The molecule has 0 aliphatic carbocycles. The molecular weight excluding hydrogens is 286 g/mol. The van der Waals surface area contributed by atoms with Crippen LogP contribution in [0, 0.1) is 6.92 Å². The lowest BCUT2D eigenvalue weighted by Gasteiger charge is -2.12. The number of alkyl halides is 6. The molecule has 102 valence electrons. The number of hydrogen-bond donors (Lipinski definition) is 0. The highest BCUT2D eigenvalue weighted by Gasteiger charge is 2.36. The molecule has 0 amide bonds. The summed E-state index contributed by atoms with van der Waals surface area (Å²) in [6.45, 7) is 1.18. The Morgan fingerprint density at radius 2 is 1.11 bits per heavy atom. The van der Waals surface area contributed by atoms with Crippen LogP contribution in [0.2, 0.25) is 0 Å². The first-order chi connectivity index (χ1) is 8.02. The largest absolute Gasteiger partial charge is 0.416 e. The highest BCUT2D eigenvalue weighted by atomic mass is 32.1. The minimum atomic E-state index is -4.76. The summed E-state index contributed by atoms with van der Waals surface area (Å²) < 4.78 is 89.6. The number of hydrogen-bond acceptors (Lipinski definition) is 2. The Kier molecular flexibility index (Phi) is 5.53. The van der Waals surface area contributed by atoms with E-state index < -0.39 is 35.1 Å². The summed E-state index contributed by atoms with van der Waals surface area (Å²) in [5.74, 6) is 0. The third-order valence-electron chi connectivity index (χ3n) is 1.73. The van der Waals surface area contributed by atoms with E-state index >= 15 is 0 Å². The Balaban J connectivity index is 0.000000873. The molecule has 0 saturated carbocycles. The minimum absolute atomic E-state index is 0.0721. The Hall–Kier alpha value is -1.38. The van der Waals surface area contributed by atoms with Crippen molar-refractivity contribution in [2.45, 2.75) is 19.3 Å². The van der Waals surface area contributed by atoms with Crippen LogP contribution in [0.1, 0.15) is 16.7 Å². The van der Waals surface area contributed by atoms with Gasteiger partial charge in [0.25, 0.3) is 0 Å². The van der Waals surface area contributed by atoms with Gasteiger partial charge < -0.3 is 0 Å². The molecule has 0 aliphatic rings. The number of rotatable bonds is 0. The summed E-state index contributed by atoms with van der Waals surface area (Å²) in [7, 11) is 0. The fourth-order valence-electron chi connectivity index (χ4n) is 1.11. The average molecular weight is 292 g/mol. The van der Waals surface area contributed by atoms with Gasteiger partial charge >= 0.3 is 23.9 Å². The van der Waals surface area contributed by atoms with E-state index in [-0.39, 0.29) is 11.6 Å². The fourth-order valence-corrected chi connectivity index (χ4v) is 1.11. The van der Waals surface area contributed by atoms with Crippen molar-refractivity contribution in [2.75, 3.05) is 0 Å². The van der Waals surface area contributed by atoms with Gasteiger partial charge in [-0.05, 0) is 30.7 Å². The second kappa shape index (κ2) is 5.98. The van der Waals surface area contributed by atoms with Gasteiger partial charge in [-0.15, -0.1) is 0 Å². The molecule has 0 bridgehead atoms. The van der Waals surface area contributed by atoms with Crippen molar-refractivity contribution in [3.8, 4) is 0 Å². The van der Waals surface area contributed by atoms with Crippen LogP contribution in [0.5, 0.6) is 0 Å². The topological polar surface area (TPSA) is 34.1 Å². The van der Waals surface area contributed by atoms with Crippen molar-refractivity contribution in [3.05, 3.63) is 34.9 Å². The van der Waals surface area contributed by atoms with Crippen LogP contribution in [0.25, 0.3) is 0 Å². The van der Waals surface area contributed by atoms with Crippen molar-refractivity contribution < 1.29 is 34.8 Å². The summed E-state index contributed by atoms with van der Waals surface area (Å²) in [6.07, 6.45) is -9.52. The number of aryl methyl sites for hydroxylation is 1. The zero-order valence-electron chi connectivity index (χ0n) is 8.72. The van der Waals surface area contributed by atoms with Gasteiger partial charge in [0, 0.05) is 0 Å².